The number of alkyl carbamates (subject to hydrolysis) is 1. The second-order valence-electron chi connectivity index (χ2n) is 11.5. The van der Waals surface area contributed by atoms with Crippen LogP contribution in [0.25, 0.3) is 0 Å². The third-order valence-corrected chi connectivity index (χ3v) is 6.88. The number of carbonyl (C=O) groups excluding carboxylic acids is 3. The van der Waals surface area contributed by atoms with Crippen LogP contribution in [-0.2, 0) is 27.3 Å². The Bertz CT molecular complexity index is 1350. The van der Waals surface area contributed by atoms with E-state index in [4.69, 9.17) is 4.74 Å². The van der Waals surface area contributed by atoms with Gasteiger partial charge in [-0.05, 0) is 74.9 Å². The highest BCUT2D eigenvalue weighted by molar-refractivity contribution is 5.93. The Morgan fingerprint density at radius 3 is 2.17 bits per heavy atom. The van der Waals surface area contributed by atoms with E-state index in [0.717, 1.165) is 35.1 Å². The molecule has 8 heteroatoms. The molecule has 0 aromatic heterocycles. The molecule has 2 atom stereocenters. The minimum absolute atomic E-state index is 0.103. The zero-order valence-corrected chi connectivity index (χ0v) is 24.1. The fourth-order valence-corrected chi connectivity index (χ4v) is 4.76. The molecule has 0 radical (unpaired) electrons. The van der Waals surface area contributed by atoms with Crippen molar-refractivity contribution < 1.29 is 24.2 Å². The molecule has 2 unspecified atom stereocenters. The van der Waals surface area contributed by atoms with Crippen molar-refractivity contribution in [2.24, 2.45) is 0 Å². The van der Waals surface area contributed by atoms with Crippen molar-refractivity contribution in [3.63, 3.8) is 0 Å². The van der Waals surface area contributed by atoms with Crippen molar-refractivity contribution >= 4 is 17.9 Å². The van der Waals surface area contributed by atoms with Crippen LogP contribution in [0.2, 0.25) is 0 Å². The summed E-state index contributed by atoms with van der Waals surface area (Å²) in [5.74, 6) is -0.551. The standard InChI is InChI=1S/C33H39N3O5/c1-22-10-8-9-13-27(22)29(30(38)34-21-24-11-6-5-7-12-24)36(25-16-17-25)31(39)28(35-32(40)41-33(2,3)4)20-23-14-18-26(37)19-15-23/h5-15,18-19,25,28-29,37H,16-17,20-21H2,1-4H3,(H,34,38)(H,35,40). The van der Waals surface area contributed by atoms with Gasteiger partial charge >= 0.3 is 6.09 Å². The lowest BCUT2D eigenvalue weighted by Crippen LogP contribution is -2.54. The molecule has 0 aliphatic heterocycles. The van der Waals surface area contributed by atoms with Crippen LogP contribution < -0.4 is 10.6 Å². The maximum atomic E-state index is 14.4. The molecule has 0 bridgehead atoms. The number of hydrogen-bond acceptors (Lipinski definition) is 5. The van der Waals surface area contributed by atoms with Crippen LogP contribution in [0.1, 0.15) is 61.9 Å². The zero-order valence-electron chi connectivity index (χ0n) is 24.1. The monoisotopic (exact) mass is 557 g/mol. The first-order valence-corrected chi connectivity index (χ1v) is 14.0. The van der Waals surface area contributed by atoms with Gasteiger partial charge in [-0.1, -0.05) is 66.7 Å². The van der Waals surface area contributed by atoms with Gasteiger partial charge in [0.1, 0.15) is 23.4 Å². The van der Waals surface area contributed by atoms with Gasteiger partial charge in [-0.25, -0.2) is 4.79 Å². The molecule has 0 heterocycles. The molecule has 1 fully saturated rings. The van der Waals surface area contributed by atoms with E-state index in [1.54, 1.807) is 37.8 Å². The summed E-state index contributed by atoms with van der Waals surface area (Å²) in [5, 5.41) is 15.6. The summed E-state index contributed by atoms with van der Waals surface area (Å²) >= 11 is 0. The van der Waals surface area contributed by atoms with E-state index in [2.05, 4.69) is 10.6 Å². The largest absolute Gasteiger partial charge is 0.508 e. The van der Waals surface area contributed by atoms with Gasteiger partial charge in [0.2, 0.25) is 11.8 Å². The normalized spacial score (nSPS) is 14.4. The van der Waals surface area contributed by atoms with Crippen molar-refractivity contribution in [2.75, 3.05) is 0 Å². The van der Waals surface area contributed by atoms with Gasteiger partial charge in [0, 0.05) is 19.0 Å². The first kappa shape index (κ1) is 29.6. The van der Waals surface area contributed by atoms with Crippen LogP contribution >= 0.6 is 0 Å². The van der Waals surface area contributed by atoms with Gasteiger partial charge < -0.3 is 25.4 Å². The number of carbonyl (C=O) groups is 3. The van der Waals surface area contributed by atoms with Crippen molar-refractivity contribution in [3.8, 4) is 5.75 Å². The fraction of sp³-hybridized carbons (Fsp3) is 0.364. The summed E-state index contributed by atoms with van der Waals surface area (Å²) in [7, 11) is 0. The SMILES string of the molecule is Cc1ccccc1C(C(=O)NCc1ccccc1)N(C(=O)C(Cc1ccc(O)cc1)NC(=O)OC(C)(C)C)C1CC1. The third kappa shape index (κ3) is 8.33. The van der Waals surface area contributed by atoms with E-state index in [0.29, 0.717) is 6.54 Å². The molecule has 216 valence electrons. The van der Waals surface area contributed by atoms with Crippen molar-refractivity contribution in [3.05, 3.63) is 101 Å². The summed E-state index contributed by atoms with van der Waals surface area (Å²) in [6.07, 6.45) is 0.969. The Hall–Kier alpha value is -4.33. The van der Waals surface area contributed by atoms with Gasteiger partial charge in [-0.3, -0.25) is 9.59 Å². The maximum Gasteiger partial charge on any atom is 0.408 e. The molecule has 3 amide bonds. The number of hydrogen-bond donors (Lipinski definition) is 3. The number of amides is 3. The summed E-state index contributed by atoms with van der Waals surface area (Å²) in [5.41, 5.74) is 2.56. The number of ether oxygens (including phenoxy) is 1. The average Bonchev–Trinajstić information content (AvgIpc) is 3.76. The van der Waals surface area contributed by atoms with E-state index >= 15 is 0 Å². The Kier molecular flexibility index (Phi) is 9.32. The summed E-state index contributed by atoms with van der Waals surface area (Å²) in [6.45, 7) is 7.51. The van der Waals surface area contributed by atoms with Crippen molar-refractivity contribution in [1.29, 1.82) is 0 Å². The molecule has 0 spiro atoms. The van der Waals surface area contributed by atoms with Crippen LogP contribution in [0.15, 0.2) is 78.9 Å². The van der Waals surface area contributed by atoms with Crippen molar-refractivity contribution in [2.45, 2.75) is 77.2 Å². The number of nitrogens with one attached hydrogen (secondary N) is 2. The van der Waals surface area contributed by atoms with Gasteiger partial charge in [0.05, 0.1) is 0 Å². The second-order valence-corrected chi connectivity index (χ2v) is 11.5. The quantitative estimate of drug-likeness (QED) is 0.318. The molecule has 0 saturated heterocycles. The van der Waals surface area contributed by atoms with Crippen LogP contribution in [0.4, 0.5) is 4.79 Å². The molecule has 1 saturated carbocycles. The summed E-state index contributed by atoms with van der Waals surface area (Å²) < 4.78 is 5.49. The first-order chi connectivity index (χ1) is 19.5. The Morgan fingerprint density at radius 2 is 1.56 bits per heavy atom. The van der Waals surface area contributed by atoms with Gasteiger partial charge in [0.15, 0.2) is 0 Å². The van der Waals surface area contributed by atoms with E-state index in [9.17, 15) is 19.5 Å². The predicted molar refractivity (Wildman–Crippen MR) is 157 cm³/mol. The number of benzene rings is 3. The highest BCUT2D eigenvalue weighted by Gasteiger charge is 2.44. The number of aryl methyl sites for hydroxylation is 1. The molecule has 8 nitrogen and oxygen atoms in total. The number of nitrogens with zero attached hydrogens (tertiary/aromatic N) is 1. The highest BCUT2D eigenvalue weighted by Crippen LogP contribution is 2.37. The summed E-state index contributed by atoms with van der Waals surface area (Å²) in [4.78, 5) is 42.9. The zero-order chi connectivity index (χ0) is 29.6. The predicted octanol–water partition coefficient (Wildman–Crippen LogP) is 5.19. The molecule has 41 heavy (non-hydrogen) atoms. The maximum absolute atomic E-state index is 14.4. The molecule has 3 aromatic carbocycles. The van der Waals surface area contributed by atoms with Gasteiger partial charge in [0.25, 0.3) is 0 Å². The lowest BCUT2D eigenvalue weighted by molar-refractivity contribution is -0.143. The number of aromatic hydroxyl groups is 1. The minimum Gasteiger partial charge on any atom is -0.508 e. The average molecular weight is 558 g/mol. The van der Waals surface area contributed by atoms with E-state index in [1.807, 2.05) is 61.5 Å². The Morgan fingerprint density at radius 1 is 0.927 bits per heavy atom. The smallest absolute Gasteiger partial charge is 0.408 e. The Balaban J connectivity index is 1.68. The molecule has 1 aliphatic carbocycles. The molecule has 3 N–H and O–H groups in total. The second kappa shape index (κ2) is 12.9. The van der Waals surface area contributed by atoms with Gasteiger partial charge in [-0.2, -0.15) is 0 Å². The van der Waals surface area contributed by atoms with E-state index < -0.39 is 23.8 Å². The molecular formula is C33H39N3O5. The van der Waals surface area contributed by atoms with Gasteiger partial charge in [-0.15, -0.1) is 0 Å². The fourth-order valence-electron chi connectivity index (χ4n) is 4.76. The van der Waals surface area contributed by atoms with E-state index in [1.165, 1.54) is 12.1 Å². The lowest BCUT2D eigenvalue weighted by atomic mass is 9.96. The number of phenolic OH excluding ortho intramolecular Hbond substituents is 1. The minimum atomic E-state index is -0.997. The van der Waals surface area contributed by atoms with E-state index in [-0.39, 0.29) is 30.0 Å². The number of phenols is 1. The molecule has 4 rings (SSSR count). The number of rotatable bonds is 10. The third-order valence-electron chi connectivity index (χ3n) is 6.88. The summed E-state index contributed by atoms with van der Waals surface area (Å²) in [6, 6.07) is 21.6. The lowest BCUT2D eigenvalue weighted by Gasteiger charge is -2.35. The van der Waals surface area contributed by atoms with Crippen LogP contribution in [0, 0.1) is 6.92 Å². The molecular weight excluding hydrogens is 518 g/mol. The Labute approximate surface area is 241 Å². The van der Waals surface area contributed by atoms with Crippen LogP contribution in [0.3, 0.4) is 0 Å². The molecule has 1 aliphatic rings. The van der Waals surface area contributed by atoms with Crippen molar-refractivity contribution in [1.82, 2.24) is 15.5 Å². The molecule has 3 aromatic rings. The van der Waals surface area contributed by atoms with Crippen LogP contribution in [0.5, 0.6) is 5.75 Å². The topological polar surface area (TPSA) is 108 Å². The first-order valence-electron chi connectivity index (χ1n) is 14.0. The highest BCUT2D eigenvalue weighted by atomic mass is 16.6. The van der Waals surface area contributed by atoms with Crippen LogP contribution in [-0.4, -0.2) is 45.6 Å².